The Labute approximate surface area is 194 Å². The summed E-state index contributed by atoms with van der Waals surface area (Å²) in [6.45, 7) is 3.41. The lowest BCUT2D eigenvalue weighted by Gasteiger charge is -2.06. The van der Waals surface area contributed by atoms with Crippen molar-refractivity contribution in [2.45, 2.75) is 20.0 Å². The van der Waals surface area contributed by atoms with Crippen LogP contribution in [0.25, 0.3) is 17.1 Å². The van der Waals surface area contributed by atoms with Crippen LogP contribution < -0.4 is 0 Å². The number of aryl methyl sites for hydroxylation is 1. The fourth-order valence-corrected chi connectivity index (χ4v) is 3.93. The summed E-state index contributed by atoms with van der Waals surface area (Å²) in [6.07, 6.45) is 7.21. The lowest BCUT2D eigenvalue weighted by molar-refractivity contribution is 0.686. The fourth-order valence-electron chi connectivity index (χ4n) is 3.54. The van der Waals surface area contributed by atoms with E-state index >= 15 is 0 Å². The standard InChI is InChI=1S/C23H20ClN7S/c1-16-2-4-17(5-3-16)13-30-15-21(11-26-30)31-22(27-28-23(31)32)19-8-6-18(7-9-19)12-29-14-20(24)10-25-29/h2-11,14-15H,12-13H2,1H3,(H,28,32). The van der Waals surface area contributed by atoms with Crippen LogP contribution in [0.1, 0.15) is 16.7 Å². The van der Waals surface area contributed by atoms with Gasteiger partial charge in [-0.15, -0.1) is 0 Å². The first-order valence-corrected chi connectivity index (χ1v) is 10.9. The Morgan fingerprint density at radius 3 is 2.16 bits per heavy atom. The maximum Gasteiger partial charge on any atom is 0.200 e. The van der Waals surface area contributed by atoms with Crippen LogP contribution in [0.4, 0.5) is 0 Å². The third kappa shape index (κ3) is 4.28. The molecule has 0 atom stereocenters. The molecule has 160 valence electrons. The van der Waals surface area contributed by atoms with E-state index in [-0.39, 0.29) is 0 Å². The minimum absolute atomic E-state index is 0.519. The van der Waals surface area contributed by atoms with E-state index in [9.17, 15) is 0 Å². The summed E-state index contributed by atoms with van der Waals surface area (Å²) in [7, 11) is 0. The number of aromatic nitrogens is 7. The Kier molecular flexibility index (Phi) is 5.46. The van der Waals surface area contributed by atoms with Crippen molar-refractivity contribution in [2.75, 3.05) is 0 Å². The molecule has 0 fully saturated rings. The second kappa shape index (κ2) is 8.57. The Balaban J connectivity index is 1.39. The highest BCUT2D eigenvalue weighted by Crippen LogP contribution is 2.22. The van der Waals surface area contributed by atoms with E-state index in [1.807, 2.05) is 39.7 Å². The van der Waals surface area contributed by atoms with E-state index in [4.69, 9.17) is 23.8 Å². The summed E-state index contributed by atoms with van der Waals surface area (Å²) in [4.78, 5) is 0. The van der Waals surface area contributed by atoms with Gasteiger partial charge < -0.3 is 0 Å². The van der Waals surface area contributed by atoms with Gasteiger partial charge in [0.2, 0.25) is 0 Å². The third-order valence-corrected chi connectivity index (χ3v) is 5.64. The maximum atomic E-state index is 5.95. The van der Waals surface area contributed by atoms with Gasteiger partial charge in [-0.1, -0.05) is 65.7 Å². The normalized spacial score (nSPS) is 11.2. The number of rotatable bonds is 6. The molecule has 0 spiro atoms. The molecule has 1 N–H and O–H groups in total. The van der Waals surface area contributed by atoms with Crippen molar-refractivity contribution >= 4 is 23.8 Å². The molecule has 3 heterocycles. The Hall–Kier alpha value is -3.49. The number of nitrogens with zero attached hydrogens (tertiary/aromatic N) is 6. The third-order valence-electron chi connectivity index (χ3n) is 5.17. The van der Waals surface area contributed by atoms with Crippen molar-refractivity contribution in [3.63, 3.8) is 0 Å². The molecular formula is C23H20ClN7S. The molecule has 0 saturated heterocycles. The van der Waals surface area contributed by atoms with E-state index < -0.39 is 0 Å². The number of nitrogens with one attached hydrogen (secondary N) is 1. The van der Waals surface area contributed by atoms with Crippen LogP contribution in [0.2, 0.25) is 5.02 Å². The van der Waals surface area contributed by atoms with Gasteiger partial charge in [0.05, 0.1) is 36.2 Å². The van der Waals surface area contributed by atoms with Gasteiger partial charge in [-0.3, -0.25) is 19.0 Å². The van der Waals surface area contributed by atoms with Crippen molar-refractivity contribution in [3.8, 4) is 17.1 Å². The highest BCUT2D eigenvalue weighted by Gasteiger charge is 2.13. The highest BCUT2D eigenvalue weighted by atomic mass is 35.5. The van der Waals surface area contributed by atoms with Crippen LogP contribution in [0.15, 0.2) is 73.3 Å². The molecule has 0 amide bonds. The monoisotopic (exact) mass is 461 g/mol. The van der Waals surface area contributed by atoms with Gasteiger partial charge >= 0.3 is 0 Å². The van der Waals surface area contributed by atoms with E-state index in [1.165, 1.54) is 11.1 Å². The van der Waals surface area contributed by atoms with Crippen LogP contribution in [0, 0.1) is 11.7 Å². The number of H-pyrrole nitrogens is 1. The summed E-state index contributed by atoms with van der Waals surface area (Å²) in [5, 5.41) is 16.7. The molecule has 32 heavy (non-hydrogen) atoms. The van der Waals surface area contributed by atoms with Gasteiger partial charge in [0, 0.05) is 18.0 Å². The van der Waals surface area contributed by atoms with E-state index in [0.717, 1.165) is 22.6 Å². The lowest BCUT2D eigenvalue weighted by Crippen LogP contribution is -2.01. The molecule has 0 unspecified atom stereocenters. The Bertz CT molecular complexity index is 1410. The molecule has 3 aromatic heterocycles. The Morgan fingerprint density at radius 2 is 1.50 bits per heavy atom. The van der Waals surface area contributed by atoms with Gasteiger partial charge in [-0.2, -0.15) is 15.3 Å². The molecule has 0 aliphatic carbocycles. The predicted molar refractivity (Wildman–Crippen MR) is 127 cm³/mol. The van der Waals surface area contributed by atoms with Gasteiger partial charge in [-0.05, 0) is 30.3 Å². The quantitative estimate of drug-likeness (QED) is 0.359. The average molecular weight is 462 g/mol. The first kappa shape index (κ1) is 20.4. The number of halogens is 1. The molecular weight excluding hydrogens is 442 g/mol. The van der Waals surface area contributed by atoms with Crippen molar-refractivity contribution in [3.05, 3.63) is 99.8 Å². The van der Waals surface area contributed by atoms with E-state index in [0.29, 0.717) is 22.9 Å². The second-order valence-electron chi connectivity index (χ2n) is 7.62. The van der Waals surface area contributed by atoms with Crippen molar-refractivity contribution in [1.29, 1.82) is 0 Å². The minimum Gasteiger partial charge on any atom is -0.267 e. The predicted octanol–water partition coefficient (Wildman–Crippen LogP) is 5.05. The van der Waals surface area contributed by atoms with E-state index in [2.05, 4.69) is 51.6 Å². The van der Waals surface area contributed by atoms with E-state index in [1.54, 1.807) is 23.3 Å². The summed E-state index contributed by atoms with van der Waals surface area (Å²) in [5.74, 6) is 0.735. The summed E-state index contributed by atoms with van der Waals surface area (Å²) < 4.78 is 6.12. The SMILES string of the molecule is Cc1ccc(Cn2cc(-n3c(-c4ccc(Cn5cc(Cl)cn5)cc4)n[nH]c3=S)cn2)cc1. The van der Waals surface area contributed by atoms with Gasteiger partial charge in [-0.25, -0.2) is 0 Å². The van der Waals surface area contributed by atoms with Crippen molar-refractivity contribution < 1.29 is 0 Å². The largest absolute Gasteiger partial charge is 0.267 e. The minimum atomic E-state index is 0.519. The molecule has 2 aromatic carbocycles. The summed E-state index contributed by atoms with van der Waals surface area (Å²) in [5.41, 5.74) is 5.35. The van der Waals surface area contributed by atoms with Gasteiger partial charge in [0.25, 0.3) is 0 Å². The molecule has 0 radical (unpaired) electrons. The number of aromatic amines is 1. The second-order valence-corrected chi connectivity index (χ2v) is 8.45. The first-order valence-electron chi connectivity index (χ1n) is 10.1. The molecule has 5 rings (SSSR count). The van der Waals surface area contributed by atoms with Crippen LogP contribution in [0.3, 0.4) is 0 Å². The number of hydrogen-bond acceptors (Lipinski definition) is 4. The zero-order valence-corrected chi connectivity index (χ0v) is 18.9. The zero-order chi connectivity index (χ0) is 22.1. The number of hydrogen-bond donors (Lipinski definition) is 1. The topological polar surface area (TPSA) is 69.2 Å². The molecule has 0 bridgehead atoms. The average Bonchev–Trinajstić information content (AvgIpc) is 3.51. The molecule has 0 aliphatic rings. The molecule has 5 aromatic rings. The highest BCUT2D eigenvalue weighted by molar-refractivity contribution is 7.71. The number of benzene rings is 2. The van der Waals surface area contributed by atoms with Crippen LogP contribution >= 0.6 is 23.8 Å². The fraction of sp³-hybridized carbons (Fsp3) is 0.130. The first-order chi connectivity index (χ1) is 15.5. The molecule has 9 heteroatoms. The van der Waals surface area contributed by atoms with Crippen molar-refractivity contribution in [2.24, 2.45) is 0 Å². The summed E-state index contributed by atoms with van der Waals surface area (Å²) in [6, 6.07) is 16.6. The molecule has 0 saturated carbocycles. The smallest absolute Gasteiger partial charge is 0.200 e. The maximum absolute atomic E-state index is 5.95. The summed E-state index contributed by atoms with van der Waals surface area (Å²) >= 11 is 11.5. The van der Waals surface area contributed by atoms with Gasteiger partial charge in [0.1, 0.15) is 0 Å². The van der Waals surface area contributed by atoms with Crippen LogP contribution in [-0.4, -0.2) is 34.3 Å². The Morgan fingerprint density at radius 1 is 0.875 bits per heavy atom. The van der Waals surface area contributed by atoms with Crippen molar-refractivity contribution in [1.82, 2.24) is 34.3 Å². The molecule has 7 nitrogen and oxygen atoms in total. The zero-order valence-electron chi connectivity index (χ0n) is 17.3. The lowest BCUT2D eigenvalue weighted by atomic mass is 10.1. The van der Waals surface area contributed by atoms with Gasteiger partial charge in [0.15, 0.2) is 10.6 Å². The molecule has 0 aliphatic heterocycles. The van der Waals surface area contributed by atoms with Crippen LogP contribution in [0.5, 0.6) is 0 Å². The van der Waals surface area contributed by atoms with Crippen LogP contribution in [-0.2, 0) is 13.1 Å².